The second-order valence-electron chi connectivity index (χ2n) is 5.48. The van der Waals surface area contributed by atoms with Crippen LogP contribution in [0.4, 0.5) is 0 Å². The molecule has 2 unspecified atom stereocenters. The quantitative estimate of drug-likeness (QED) is 0.754. The summed E-state index contributed by atoms with van der Waals surface area (Å²) >= 11 is 0. The van der Waals surface area contributed by atoms with E-state index < -0.39 is 0 Å². The number of likely N-dealkylation sites (N-methyl/N-ethyl adjacent to an activating group) is 1. The molecule has 1 saturated heterocycles. The number of nitrogens with zero attached hydrogens (tertiary/aromatic N) is 1. The molecule has 100 valence electrons. The zero-order chi connectivity index (χ0) is 12.8. The predicted octanol–water partition coefficient (Wildman–Crippen LogP) is 0.960. The molecule has 1 fully saturated rings. The fraction of sp³-hybridized carbons (Fsp3) is 0.923. The van der Waals surface area contributed by atoms with E-state index in [-0.39, 0.29) is 18.0 Å². The molecule has 3 N–H and O–H groups in total. The summed E-state index contributed by atoms with van der Waals surface area (Å²) < 4.78 is 0. The van der Waals surface area contributed by atoms with Gasteiger partial charge in [0.15, 0.2) is 0 Å². The molecule has 4 heteroatoms. The molecular weight excluding hydrogens is 214 g/mol. The fourth-order valence-corrected chi connectivity index (χ4v) is 2.19. The van der Waals surface area contributed by atoms with E-state index in [2.05, 4.69) is 24.1 Å². The van der Waals surface area contributed by atoms with Crippen LogP contribution in [0.3, 0.4) is 0 Å². The van der Waals surface area contributed by atoms with Crippen LogP contribution in [0.25, 0.3) is 0 Å². The van der Waals surface area contributed by atoms with Gasteiger partial charge in [-0.05, 0) is 38.6 Å². The van der Waals surface area contributed by atoms with Crippen molar-refractivity contribution < 1.29 is 4.79 Å². The lowest BCUT2D eigenvalue weighted by atomic mass is 10.0. The molecule has 0 spiro atoms. The third-order valence-corrected chi connectivity index (χ3v) is 3.71. The van der Waals surface area contributed by atoms with Crippen molar-refractivity contribution >= 4 is 5.91 Å². The summed E-state index contributed by atoms with van der Waals surface area (Å²) in [7, 11) is 2.03. The van der Waals surface area contributed by atoms with Gasteiger partial charge in [-0.25, -0.2) is 0 Å². The van der Waals surface area contributed by atoms with Crippen LogP contribution in [0.5, 0.6) is 0 Å². The van der Waals surface area contributed by atoms with Gasteiger partial charge in [0.1, 0.15) is 0 Å². The van der Waals surface area contributed by atoms with Crippen molar-refractivity contribution in [2.45, 2.75) is 51.6 Å². The van der Waals surface area contributed by atoms with Gasteiger partial charge in [0.25, 0.3) is 0 Å². The minimum atomic E-state index is 0.0388. The standard InChI is InChI=1S/C13H27N3O/c1-10(2)11(14)7-9-16(3)12-6-4-5-8-15-13(12)17/h10-12H,4-9,14H2,1-3H3,(H,15,17). The van der Waals surface area contributed by atoms with Gasteiger partial charge in [-0.1, -0.05) is 13.8 Å². The maximum Gasteiger partial charge on any atom is 0.237 e. The summed E-state index contributed by atoms with van der Waals surface area (Å²) in [6.45, 7) is 6.01. The van der Waals surface area contributed by atoms with Gasteiger partial charge in [0, 0.05) is 19.1 Å². The molecule has 0 bridgehead atoms. The first kappa shape index (κ1) is 14.5. The van der Waals surface area contributed by atoms with Crippen LogP contribution in [-0.2, 0) is 4.79 Å². The predicted molar refractivity (Wildman–Crippen MR) is 70.7 cm³/mol. The highest BCUT2D eigenvalue weighted by atomic mass is 16.2. The highest BCUT2D eigenvalue weighted by molar-refractivity contribution is 5.81. The number of carbonyl (C=O) groups is 1. The molecule has 1 amide bonds. The molecular formula is C13H27N3O. The Bertz CT molecular complexity index is 243. The van der Waals surface area contributed by atoms with Gasteiger partial charge < -0.3 is 11.1 Å². The Morgan fingerprint density at radius 2 is 2.18 bits per heavy atom. The summed E-state index contributed by atoms with van der Waals surface area (Å²) in [5.41, 5.74) is 6.03. The van der Waals surface area contributed by atoms with E-state index in [1.165, 1.54) is 0 Å². The highest BCUT2D eigenvalue weighted by Gasteiger charge is 2.24. The van der Waals surface area contributed by atoms with E-state index in [9.17, 15) is 4.79 Å². The van der Waals surface area contributed by atoms with Crippen molar-refractivity contribution in [2.75, 3.05) is 20.1 Å². The molecule has 1 aliphatic rings. The molecule has 0 aliphatic carbocycles. The molecule has 2 atom stereocenters. The lowest BCUT2D eigenvalue weighted by Gasteiger charge is -2.27. The van der Waals surface area contributed by atoms with Crippen molar-refractivity contribution in [3.63, 3.8) is 0 Å². The molecule has 0 radical (unpaired) electrons. The fourth-order valence-electron chi connectivity index (χ4n) is 2.19. The van der Waals surface area contributed by atoms with Crippen molar-refractivity contribution in [3.8, 4) is 0 Å². The zero-order valence-electron chi connectivity index (χ0n) is 11.4. The van der Waals surface area contributed by atoms with Crippen LogP contribution in [-0.4, -0.2) is 43.0 Å². The Labute approximate surface area is 105 Å². The summed E-state index contributed by atoms with van der Waals surface area (Å²) in [5.74, 6) is 0.689. The summed E-state index contributed by atoms with van der Waals surface area (Å²) in [4.78, 5) is 14.0. The average molecular weight is 241 g/mol. The monoisotopic (exact) mass is 241 g/mol. The van der Waals surface area contributed by atoms with Gasteiger partial charge in [-0.2, -0.15) is 0 Å². The molecule has 1 rings (SSSR count). The third-order valence-electron chi connectivity index (χ3n) is 3.71. The number of rotatable bonds is 5. The summed E-state index contributed by atoms with van der Waals surface area (Å²) in [6.07, 6.45) is 4.16. The first-order valence-corrected chi connectivity index (χ1v) is 6.76. The van der Waals surface area contributed by atoms with E-state index in [4.69, 9.17) is 5.73 Å². The normalized spacial score (nSPS) is 23.6. The van der Waals surface area contributed by atoms with Crippen molar-refractivity contribution in [2.24, 2.45) is 11.7 Å². The van der Waals surface area contributed by atoms with Gasteiger partial charge in [-0.15, -0.1) is 0 Å². The smallest absolute Gasteiger partial charge is 0.237 e. The first-order chi connectivity index (χ1) is 8.02. The van der Waals surface area contributed by atoms with Gasteiger partial charge in [0.05, 0.1) is 6.04 Å². The van der Waals surface area contributed by atoms with Crippen LogP contribution >= 0.6 is 0 Å². The average Bonchev–Trinajstić information content (AvgIpc) is 2.50. The van der Waals surface area contributed by atoms with Crippen molar-refractivity contribution in [1.29, 1.82) is 0 Å². The number of carbonyl (C=O) groups excluding carboxylic acids is 1. The topological polar surface area (TPSA) is 58.4 Å². The van der Waals surface area contributed by atoms with Crippen LogP contribution < -0.4 is 11.1 Å². The Morgan fingerprint density at radius 1 is 1.47 bits per heavy atom. The van der Waals surface area contributed by atoms with Gasteiger partial charge >= 0.3 is 0 Å². The first-order valence-electron chi connectivity index (χ1n) is 6.76. The number of nitrogens with one attached hydrogen (secondary N) is 1. The minimum absolute atomic E-state index is 0.0388. The number of nitrogens with two attached hydrogens (primary N) is 1. The molecule has 0 aromatic heterocycles. The second kappa shape index (κ2) is 6.97. The molecule has 0 aromatic carbocycles. The molecule has 1 heterocycles. The van der Waals surface area contributed by atoms with E-state index in [0.717, 1.165) is 38.8 Å². The van der Waals surface area contributed by atoms with Gasteiger partial charge in [0.2, 0.25) is 5.91 Å². The van der Waals surface area contributed by atoms with Crippen LogP contribution in [0.15, 0.2) is 0 Å². The molecule has 1 aliphatic heterocycles. The molecule has 0 aromatic rings. The number of hydrogen-bond acceptors (Lipinski definition) is 3. The lowest BCUT2D eigenvalue weighted by Crippen LogP contribution is -2.45. The van der Waals surface area contributed by atoms with E-state index in [1.807, 2.05) is 7.05 Å². The number of hydrogen-bond donors (Lipinski definition) is 2. The Hall–Kier alpha value is -0.610. The second-order valence-corrected chi connectivity index (χ2v) is 5.48. The van der Waals surface area contributed by atoms with Crippen LogP contribution in [0.1, 0.15) is 39.5 Å². The summed E-state index contributed by atoms with van der Waals surface area (Å²) in [5, 5.41) is 2.97. The minimum Gasteiger partial charge on any atom is -0.355 e. The Morgan fingerprint density at radius 3 is 2.82 bits per heavy atom. The molecule has 4 nitrogen and oxygen atoms in total. The van der Waals surface area contributed by atoms with Crippen molar-refractivity contribution in [3.05, 3.63) is 0 Å². The van der Waals surface area contributed by atoms with Gasteiger partial charge in [-0.3, -0.25) is 9.69 Å². The maximum absolute atomic E-state index is 11.9. The SMILES string of the molecule is CC(C)C(N)CCN(C)C1CCCCNC1=O. The van der Waals surface area contributed by atoms with E-state index in [1.54, 1.807) is 0 Å². The van der Waals surface area contributed by atoms with E-state index in [0.29, 0.717) is 5.92 Å². The van der Waals surface area contributed by atoms with Crippen LogP contribution in [0.2, 0.25) is 0 Å². The Balaban J connectivity index is 2.39. The molecule has 0 saturated carbocycles. The zero-order valence-corrected chi connectivity index (χ0v) is 11.4. The summed E-state index contributed by atoms with van der Waals surface area (Å²) in [6, 6.07) is 0.267. The van der Waals surface area contributed by atoms with Crippen molar-refractivity contribution in [1.82, 2.24) is 10.2 Å². The van der Waals surface area contributed by atoms with Crippen LogP contribution in [0, 0.1) is 5.92 Å². The number of amides is 1. The highest BCUT2D eigenvalue weighted by Crippen LogP contribution is 2.12. The molecule has 17 heavy (non-hydrogen) atoms. The Kier molecular flexibility index (Phi) is 5.92. The maximum atomic E-state index is 11.9. The van der Waals surface area contributed by atoms with E-state index >= 15 is 0 Å². The third kappa shape index (κ3) is 4.64. The largest absolute Gasteiger partial charge is 0.355 e. The lowest BCUT2D eigenvalue weighted by molar-refractivity contribution is -0.125.